The van der Waals surface area contributed by atoms with E-state index in [0.717, 1.165) is 11.1 Å². The zero-order valence-corrected chi connectivity index (χ0v) is 14.0. The van der Waals surface area contributed by atoms with Crippen LogP contribution in [0.15, 0.2) is 46.9 Å². The predicted molar refractivity (Wildman–Crippen MR) is 87.2 cm³/mol. The number of benzene rings is 2. The molecule has 0 saturated heterocycles. The highest BCUT2D eigenvalue weighted by Crippen LogP contribution is 2.26. The van der Waals surface area contributed by atoms with Crippen LogP contribution in [0.5, 0.6) is 5.75 Å². The first-order chi connectivity index (χ1) is 10.5. The maximum Gasteiger partial charge on any atom is 0.261 e. The summed E-state index contributed by atoms with van der Waals surface area (Å²) < 4.78 is 19.1. The van der Waals surface area contributed by atoms with Crippen molar-refractivity contribution in [2.45, 2.75) is 26.5 Å². The molecule has 0 aromatic heterocycles. The molecule has 0 bridgehead atoms. The minimum atomic E-state index is -0.675. The summed E-state index contributed by atoms with van der Waals surface area (Å²) in [6.45, 7) is 4.10. The summed E-state index contributed by atoms with van der Waals surface area (Å²) in [4.78, 5) is 12.1. The molecule has 0 fully saturated rings. The molecule has 0 spiro atoms. The molecule has 0 aliphatic heterocycles. The lowest BCUT2D eigenvalue weighted by Crippen LogP contribution is -2.36. The first-order valence-corrected chi connectivity index (χ1v) is 7.70. The van der Waals surface area contributed by atoms with E-state index in [1.54, 1.807) is 6.92 Å². The van der Waals surface area contributed by atoms with Crippen LogP contribution in [0.4, 0.5) is 4.39 Å². The highest BCUT2D eigenvalue weighted by atomic mass is 79.9. The molecule has 2 aromatic carbocycles. The molecule has 3 nitrogen and oxygen atoms in total. The lowest BCUT2D eigenvalue weighted by molar-refractivity contribution is -0.127. The van der Waals surface area contributed by atoms with E-state index in [1.165, 1.54) is 18.2 Å². The maximum absolute atomic E-state index is 13.0. The molecule has 116 valence electrons. The van der Waals surface area contributed by atoms with Crippen molar-refractivity contribution in [2.24, 2.45) is 0 Å². The van der Waals surface area contributed by atoms with Crippen molar-refractivity contribution in [3.63, 3.8) is 0 Å². The third kappa shape index (κ3) is 4.31. The molecule has 1 unspecified atom stereocenters. The van der Waals surface area contributed by atoms with Crippen LogP contribution in [0.1, 0.15) is 18.1 Å². The topological polar surface area (TPSA) is 38.3 Å². The number of halogens is 2. The third-order valence-electron chi connectivity index (χ3n) is 3.28. The molecule has 22 heavy (non-hydrogen) atoms. The molecule has 2 aromatic rings. The zero-order chi connectivity index (χ0) is 16.1. The Labute approximate surface area is 137 Å². The second-order valence-electron chi connectivity index (χ2n) is 4.98. The number of hydrogen-bond acceptors (Lipinski definition) is 2. The van der Waals surface area contributed by atoms with Crippen LogP contribution < -0.4 is 10.1 Å². The number of hydrogen-bond donors (Lipinski definition) is 1. The SMILES string of the molecule is Cc1ccccc1CNC(=O)C(C)Oc1ccc(F)cc1Br. The fraction of sp³-hybridized carbons (Fsp3) is 0.235. The van der Waals surface area contributed by atoms with Crippen LogP contribution in [0, 0.1) is 12.7 Å². The summed E-state index contributed by atoms with van der Waals surface area (Å²) in [5, 5.41) is 2.84. The Morgan fingerprint density at radius 3 is 2.73 bits per heavy atom. The van der Waals surface area contributed by atoms with Crippen LogP contribution in [-0.4, -0.2) is 12.0 Å². The Morgan fingerprint density at radius 2 is 2.05 bits per heavy atom. The van der Waals surface area contributed by atoms with E-state index in [-0.39, 0.29) is 11.7 Å². The van der Waals surface area contributed by atoms with Gasteiger partial charge in [0.15, 0.2) is 6.10 Å². The van der Waals surface area contributed by atoms with Gasteiger partial charge in [-0.25, -0.2) is 4.39 Å². The molecule has 1 N–H and O–H groups in total. The molecule has 5 heteroatoms. The summed E-state index contributed by atoms with van der Waals surface area (Å²) in [5.41, 5.74) is 2.18. The lowest BCUT2D eigenvalue weighted by Gasteiger charge is -2.16. The quantitative estimate of drug-likeness (QED) is 0.869. The summed E-state index contributed by atoms with van der Waals surface area (Å²) in [7, 11) is 0. The van der Waals surface area contributed by atoms with Gasteiger partial charge in [0.2, 0.25) is 0 Å². The van der Waals surface area contributed by atoms with Crippen molar-refractivity contribution in [3.8, 4) is 5.75 Å². The molecule has 0 radical (unpaired) electrons. The average Bonchev–Trinajstić information content (AvgIpc) is 2.49. The van der Waals surface area contributed by atoms with Gasteiger partial charge in [-0.15, -0.1) is 0 Å². The van der Waals surface area contributed by atoms with Gasteiger partial charge in [-0.3, -0.25) is 4.79 Å². The molecule has 1 atom stereocenters. The van der Waals surface area contributed by atoms with Crippen molar-refractivity contribution in [1.82, 2.24) is 5.32 Å². The van der Waals surface area contributed by atoms with E-state index < -0.39 is 6.10 Å². The third-order valence-corrected chi connectivity index (χ3v) is 3.90. The Bertz CT molecular complexity index is 675. The van der Waals surface area contributed by atoms with Crippen molar-refractivity contribution in [2.75, 3.05) is 0 Å². The molecular formula is C17H17BrFNO2. The zero-order valence-electron chi connectivity index (χ0n) is 12.4. The summed E-state index contributed by atoms with van der Waals surface area (Å²) in [6, 6.07) is 11.9. The molecule has 0 aliphatic rings. The number of ether oxygens (including phenoxy) is 1. The number of carbonyl (C=O) groups excluding carboxylic acids is 1. The lowest BCUT2D eigenvalue weighted by atomic mass is 10.1. The van der Waals surface area contributed by atoms with Gasteiger partial charge in [-0.2, -0.15) is 0 Å². The molecule has 2 rings (SSSR count). The van der Waals surface area contributed by atoms with Crippen LogP contribution in [0.3, 0.4) is 0 Å². The number of amides is 1. The minimum Gasteiger partial charge on any atom is -0.480 e. The summed E-state index contributed by atoms with van der Waals surface area (Å²) >= 11 is 3.21. The van der Waals surface area contributed by atoms with Gasteiger partial charge in [0.1, 0.15) is 11.6 Å². The number of aryl methyl sites for hydroxylation is 1. The first-order valence-electron chi connectivity index (χ1n) is 6.91. The minimum absolute atomic E-state index is 0.223. The second kappa shape index (κ2) is 7.40. The summed E-state index contributed by atoms with van der Waals surface area (Å²) in [5.74, 6) is -0.157. The van der Waals surface area contributed by atoms with Gasteiger partial charge >= 0.3 is 0 Å². The highest BCUT2D eigenvalue weighted by molar-refractivity contribution is 9.10. The average molecular weight is 366 g/mol. The fourth-order valence-electron chi connectivity index (χ4n) is 1.95. The van der Waals surface area contributed by atoms with Crippen LogP contribution in [0.2, 0.25) is 0 Å². The Hall–Kier alpha value is -1.88. The van der Waals surface area contributed by atoms with E-state index >= 15 is 0 Å². The normalized spacial score (nSPS) is 11.8. The fourth-order valence-corrected chi connectivity index (χ4v) is 2.39. The van der Waals surface area contributed by atoms with E-state index in [2.05, 4.69) is 21.2 Å². The van der Waals surface area contributed by atoms with E-state index in [9.17, 15) is 9.18 Å². The molecule has 0 heterocycles. The monoisotopic (exact) mass is 365 g/mol. The Balaban J connectivity index is 1.93. The van der Waals surface area contributed by atoms with Crippen molar-refractivity contribution in [1.29, 1.82) is 0 Å². The van der Waals surface area contributed by atoms with Gasteiger partial charge in [0.05, 0.1) is 4.47 Å². The standard InChI is InChI=1S/C17H17BrFNO2/c1-11-5-3-4-6-13(11)10-20-17(21)12(2)22-16-8-7-14(19)9-15(16)18/h3-9,12H,10H2,1-2H3,(H,20,21). The van der Waals surface area contributed by atoms with Crippen LogP contribution in [0.25, 0.3) is 0 Å². The molecule has 1 amide bonds. The number of carbonyl (C=O) groups is 1. The number of rotatable bonds is 5. The van der Waals surface area contributed by atoms with Crippen LogP contribution >= 0.6 is 15.9 Å². The van der Waals surface area contributed by atoms with E-state index in [0.29, 0.717) is 16.8 Å². The van der Waals surface area contributed by atoms with Gasteiger partial charge in [-0.05, 0) is 59.1 Å². The van der Waals surface area contributed by atoms with Crippen LogP contribution in [-0.2, 0) is 11.3 Å². The van der Waals surface area contributed by atoms with Crippen molar-refractivity contribution >= 4 is 21.8 Å². The predicted octanol–water partition coefficient (Wildman–Crippen LogP) is 3.98. The first kappa shape index (κ1) is 16.5. The number of nitrogens with one attached hydrogen (secondary N) is 1. The second-order valence-corrected chi connectivity index (χ2v) is 5.83. The van der Waals surface area contributed by atoms with Crippen molar-refractivity contribution < 1.29 is 13.9 Å². The highest BCUT2D eigenvalue weighted by Gasteiger charge is 2.16. The van der Waals surface area contributed by atoms with Gasteiger partial charge in [0.25, 0.3) is 5.91 Å². The maximum atomic E-state index is 13.0. The van der Waals surface area contributed by atoms with Gasteiger partial charge < -0.3 is 10.1 Å². The molecular weight excluding hydrogens is 349 g/mol. The molecule has 0 aliphatic carbocycles. The van der Waals surface area contributed by atoms with Gasteiger partial charge in [0, 0.05) is 6.54 Å². The Morgan fingerprint density at radius 1 is 1.32 bits per heavy atom. The van der Waals surface area contributed by atoms with E-state index in [1.807, 2.05) is 31.2 Å². The van der Waals surface area contributed by atoms with E-state index in [4.69, 9.17) is 4.74 Å². The van der Waals surface area contributed by atoms with Gasteiger partial charge in [-0.1, -0.05) is 24.3 Å². The molecule has 0 saturated carbocycles. The summed E-state index contributed by atoms with van der Waals surface area (Å²) in [6.07, 6.45) is -0.675. The Kier molecular flexibility index (Phi) is 5.55. The smallest absolute Gasteiger partial charge is 0.261 e. The largest absolute Gasteiger partial charge is 0.480 e. The van der Waals surface area contributed by atoms with Crippen molar-refractivity contribution in [3.05, 3.63) is 63.9 Å².